The van der Waals surface area contributed by atoms with Crippen LogP contribution in [0.2, 0.25) is 0 Å². The fourth-order valence-electron chi connectivity index (χ4n) is 2.33. The number of nitrogens with one attached hydrogen (secondary N) is 2. The normalized spacial score (nSPS) is 14.8. The van der Waals surface area contributed by atoms with Crippen LogP contribution in [0.1, 0.15) is 24.2 Å². The molecule has 0 aliphatic carbocycles. The van der Waals surface area contributed by atoms with Crippen LogP contribution in [0.5, 0.6) is 0 Å². The molecule has 1 aliphatic heterocycles. The van der Waals surface area contributed by atoms with Crippen molar-refractivity contribution in [3.63, 3.8) is 0 Å². The Hall–Kier alpha value is -2.18. The molecular formula is C13H17FN6. The van der Waals surface area contributed by atoms with Gasteiger partial charge in [0, 0.05) is 18.8 Å². The molecule has 1 saturated heterocycles. The van der Waals surface area contributed by atoms with Gasteiger partial charge in [0.05, 0.1) is 18.4 Å². The number of aryl methyl sites for hydroxylation is 1. The lowest BCUT2D eigenvalue weighted by Gasteiger charge is -2.17. The lowest BCUT2D eigenvalue weighted by molar-refractivity contribution is 0.608. The molecule has 1 fully saturated rings. The molecule has 2 aromatic heterocycles. The Labute approximate surface area is 116 Å². The molecule has 2 aromatic rings. The Kier molecular flexibility index (Phi) is 3.49. The summed E-state index contributed by atoms with van der Waals surface area (Å²) in [5.41, 5.74) is 1.87. The molecule has 7 heteroatoms. The number of halogens is 1. The van der Waals surface area contributed by atoms with Crippen molar-refractivity contribution in [2.75, 3.05) is 23.3 Å². The highest BCUT2D eigenvalue weighted by Crippen LogP contribution is 2.21. The van der Waals surface area contributed by atoms with E-state index in [-0.39, 0.29) is 5.82 Å². The number of aromatic amines is 1. The van der Waals surface area contributed by atoms with E-state index in [2.05, 4.69) is 25.5 Å². The molecule has 0 radical (unpaired) electrons. The molecule has 3 rings (SSSR count). The number of rotatable bonds is 4. The molecule has 0 unspecified atom stereocenters. The van der Waals surface area contributed by atoms with Crippen molar-refractivity contribution in [2.45, 2.75) is 26.3 Å². The van der Waals surface area contributed by atoms with Gasteiger partial charge in [0.25, 0.3) is 0 Å². The van der Waals surface area contributed by atoms with E-state index in [1.54, 1.807) is 0 Å². The third kappa shape index (κ3) is 2.71. The predicted molar refractivity (Wildman–Crippen MR) is 74.1 cm³/mol. The Morgan fingerprint density at radius 3 is 2.90 bits per heavy atom. The summed E-state index contributed by atoms with van der Waals surface area (Å²) in [6.45, 7) is 4.16. The van der Waals surface area contributed by atoms with Crippen LogP contribution in [0.4, 0.5) is 16.2 Å². The van der Waals surface area contributed by atoms with Gasteiger partial charge >= 0.3 is 0 Å². The molecule has 2 N–H and O–H groups in total. The minimum atomic E-state index is -0.368. The van der Waals surface area contributed by atoms with Crippen molar-refractivity contribution in [1.29, 1.82) is 0 Å². The first-order valence-corrected chi connectivity index (χ1v) is 6.74. The number of nitrogens with zero attached hydrogens (tertiary/aromatic N) is 4. The Bertz CT molecular complexity index is 590. The molecule has 20 heavy (non-hydrogen) atoms. The monoisotopic (exact) mass is 276 g/mol. The van der Waals surface area contributed by atoms with Crippen LogP contribution in [-0.2, 0) is 6.54 Å². The Balaban J connectivity index is 1.71. The fraction of sp³-hybridized carbons (Fsp3) is 0.462. The minimum absolute atomic E-state index is 0.368. The smallest absolute Gasteiger partial charge is 0.225 e. The van der Waals surface area contributed by atoms with E-state index in [0.29, 0.717) is 18.3 Å². The lowest BCUT2D eigenvalue weighted by Crippen LogP contribution is -2.21. The summed E-state index contributed by atoms with van der Waals surface area (Å²) in [5.74, 6) is 0.445. The number of aromatic nitrogens is 4. The first-order chi connectivity index (χ1) is 9.72. The van der Waals surface area contributed by atoms with Gasteiger partial charge in [-0.3, -0.25) is 5.10 Å². The predicted octanol–water partition coefficient (Wildman–Crippen LogP) is 1.86. The van der Waals surface area contributed by atoms with Crippen LogP contribution < -0.4 is 10.2 Å². The molecule has 0 atom stereocenters. The highest BCUT2D eigenvalue weighted by Gasteiger charge is 2.18. The average molecular weight is 276 g/mol. The van der Waals surface area contributed by atoms with Crippen LogP contribution >= 0.6 is 0 Å². The zero-order valence-corrected chi connectivity index (χ0v) is 11.4. The van der Waals surface area contributed by atoms with Crippen LogP contribution in [-0.4, -0.2) is 33.3 Å². The van der Waals surface area contributed by atoms with E-state index in [1.807, 2.05) is 17.9 Å². The van der Waals surface area contributed by atoms with E-state index in [4.69, 9.17) is 0 Å². The summed E-state index contributed by atoms with van der Waals surface area (Å²) < 4.78 is 13.8. The molecule has 3 heterocycles. The summed E-state index contributed by atoms with van der Waals surface area (Å²) in [6.07, 6.45) is 3.39. The largest absolute Gasteiger partial charge is 0.354 e. The Morgan fingerprint density at radius 1 is 1.40 bits per heavy atom. The quantitative estimate of drug-likeness (QED) is 0.892. The molecular weight excluding hydrogens is 259 g/mol. The minimum Gasteiger partial charge on any atom is -0.354 e. The van der Waals surface area contributed by atoms with Gasteiger partial charge in [-0.05, 0) is 25.8 Å². The molecule has 0 bridgehead atoms. The van der Waals surface area contributed by atoms with Crippen molar-refractivity contribution in [2.24, 2.45) is 0 Å². The summed E-state index contributed by atoms with van der Waals surface area (Å²) in [4.78, 5) is 10.2. The maximum Gasteiger partial charge on any atom is 0.225 e. The van der Waals surface area contributed by atoms with Crippen molar-refractivity contribution in [3.8, 4) is 0 Å². The second kappa shape index (κ2) is 5.44. The van der Waals surface area contributed by atoms with Crippen molar-refractivity contribution < 1.29 is 4.39 Å². The maximum atomic E-state index is 13.8. The third-order valence-corrected chi connectivity index (χ3v) is 3.32. The molecule has 6 nitrogen and oxygen atoms in total. The molecule has 0 amide bonds. The number of hydrogen-bond acceptors (Lipinski definition) is 5. The molecule has 106 valence electrons. The summed E-state index contributed by atoms with van der Waals surface area (Å²) in [5, 5.41) is 10.1. The van der Waals surface area contributed by atoms with Gasteiger partial charge in [-0.2, -0.15) is 10.1 Å². The molecule has 0 spiro atoms. The van der Waals surface area contributed by atoms with E-state index >= 15 is 0 Å². The SMILES string of the molecule is Cc1cc(CNc2ncc(F)c(N3CCCC3)n2)n[nH]1. The van der Waals surface area contributed by atoms with Gasteiger partial charge in [-0.1, -0.05) is 0 Å². The number of hydrogen-bond donors (Lipinski definition) is 2. The lowest BCUT2D eigenvalue weighted by atomic mass is 10.4. The van der Waals surface area contributed by atoms with Crippen molar-refractivity contribution in [3.05, 3.63) is 29.5 Å². The van der Waals surface area contributed by atoms with E-state index in [1.165, 1.54) is 6.20 Å². The molecule has 0 aromatic carbocycles. The summed E-state index contributed by atoms with van der Waals surface area (Å²) in [7, 11) is 0. The number of anilines is 2. The van der Waals surface area contributed by atoms with Gasteiger partial charge < -0.3 is 10.2 Å². The van der Waals surface area contributed by atoms with Crippen LogP contribution in [0, 0.1) is 12.7 Å². The van der Waals surface area contributed by atoms with Gasteiger partial charge in [0.1, 0.15) is 0 Å². The zero-order valence-electron chi connectivity index (χ0n) is 11.4. The first kappa shape index (κ1) is 12.8. The zero-order chi connectivity index (χ0) is 13.9. The van der Waals surface area contributed by atoms with Gasteiger partial charge in [0.15, 0.2) is 11.6 Å². The van der Waals surface area contributed by atoms with Crippen LogP contribution in [0.15, 0.2) is 12.3 Å². The van der Waals surface area contributed by atoms with Gasteiger partial charge in [-0.25, -0.2) is 9.37 Å². The van der Waals surface area contributed by atoms with Gasteiger partial charge in [-0.15, -0.1) is 0 Å². The average Bonchev–Trinajstić information content (AvgIpc) is 3.09. The van der Waals surface area contributed by atoms with E-state index in [0.717, 1.165) is 37.3 Å². The standard InChI is InChI=1S/C13H17FN6/c1-9-6-10(19-18-9)7-15-13-16-8-11(14)12(17-13)20-4-2-3-5-20/h6,8H,2-5,7H2,1H3,(H,18,19)(H,15,16,17). The second-order valence-corrected chi connectivity index (χ2v) is 4.96. The van der Waals surface area contributed by atoms with Gasteiger partial charge in [0.2, 0.25) is 5.95 Å². The first-order valence-electron chi connectivity index (χ1n) is 6.74. The van der Waals surface area contributed by atoms with Crippen molar-refractivity contribution in [1.82, 2.24) is 20.2 Å². The fourth-order valence-corrected chi connectivity index (χ4v) is 2.33. The second-order valence-electron chi connectivity index (χ2n) is 4.96. The molecule has 0 saturated carbocycles. The third-order valence-electron chi connectivity index (χ3n) is 3.32. The Morgan fingerprint density at radius 2 is 2.20 bits per heavy atom. The van der Waals surface area contributed by atoms with E-state index in [9.17, 15) is 4.39 Å². The van der Waals surface area contributed by atoms with Crippen LogP contribution in [0.3, 0.4) is 0 Å². The topological polar surface area (TPSA) is 69.7 Å². The molecule has 1 aliphatic rings. The van der Waals surface area contributed by atoms with Crippen molar-refractivity contribution >= 4 is 11.8 Å². The summed E-state index contributed by atoms with van der Waals surface area (Å²) in [6, 6.07) is 1.94. The maximum absolute atomic E-state index is 13.8. The summed E-state index contributed by atoms with van der Waals surface area (Å²) >= 11 is 0. The number of H-pyrrole nitrogens is 1. The van der Waals surface area contributed by atoms with Crippen LogP contribution in [0.25, 0.3) is 0 Å². The van der Waals surface area contributed by atoms with E-state index < -0.39 is 0 Å². The highest BCUT2D eigenvalue weighted by atomic mass is 19.1. The highest BCUT2D eigenvalue weighted by molar-refractivity contribution is 5.44.